The summed E-state index contributed by atoms with van der Waals surface area (Å²) in [5.41, 5.74) is 0. The molecule has 0 bridgehead atoms. The summed E-state index contributed by atoms with van der Waals surface area (Å²) in [7, 11) is 0. The first-order valence-corrected chi connectivity index (χ1v) is 6.98. The molecular weight excluding hydrogens is 200 g/mol. The summed E-state index contributed by atoms with van der Waals surface area (Å²) in [6, 6.07) is 0. The highest BCUT2D eigenvalue weighted by Crippen LogP contribution is 2.51. The summed E-state index contributed by atoms with van der Waals surface area (Å²) in [6.07, 6.45) is 4.67. The van der Waals surface area contributed by atoms with Gasteiger partial charge in [0, 0.05) is 15.7 Å². The van der Waals surface area contributed by atoms with E-state index in [0.717, 1.165) is 11.7 Å². The maximum atomic E-state index is 10.4. The third-order valence-electron chi connectivity index (χ3n) is 2.97. The van der Waals surface area contributed by atoms with Crippen molar-refractivity contribution >= 4 is 23.5 Å². The van der Waals surface area contributed by atoms with Gasteiger partial charge < -0.3 is 5.11 Å². The van der Waals surface area contributed by atoms with Gasteiger partial charge >= 0.3 is 0 Å². The number of thioether (sulfide) groups is 2. The predicted octanol–water partition coefficient (Wildman–Crippen LogP) is 2.87. The second kappa shape index (κ2) is 3.67. The summed E-state index contributed by atoms with van der Waals surface area (Å²) >= 11 is 3.83. The topological polar surface area (TPSA) is 20.2 Å². The molecule has 1 N–H and O–H groups in total. The van der Waals surface area contributed by atoms with Gasteiger partial charge in [0.1, 0.15) is 4.93 Å². The largest absolute Gasteiger partial charge is 0.378 e. The van der Waals surface area contributed by atoms with Gasteiger partial charge in [0.05, 0.1) is 0 Å². The molecule has 0 amide bonds. The normalized spacial score (nSPS) is 51.5. The third kappa shape index (κ3) is 2.02. The van der Waals surface area contributed by atoms with Crippen molar-refractivity contribution in [3.05, 3.63) is 0 Å². The molecule has 13 heavy (non-hydrogen) atoms. The lowest BCUT2D eigenvalue weighted by molar-refractivity contribution is 0.150. The van der Waals surface area contributed by atoms with Crippen molar-refractivity contribution < 1.29 is 5.11 Å². The Balaban J connectivity index is 2.14. The first-order chi connectivity index (χ1) is 6.10. The maximum Gasteiger partial charge on any atom is 0.122 e. The van der Waals surface area contributed by atoms with Gasteiger partial charge in [-0.25, -0.2) is 0 Å². The molecule has 2 fully saturated rings. The Morgan fingerprint density at radius 2 is 2.08 bits per heavy atom. The summed E-state index contributed by atoms with van der Waals surface area (Å²) in [4.78, 5) is -0.394. The maximum absolute atomic E-state index is 10.4. The summed E-state index contributed by atoms with van der Waals surface area (Å²) in [5.74, 6) is 0. The van der Waals surface area contributed by atoms with Crippen LogP contribution in [0.5, 0.6) is 0 Å². The molecule has 2 aliphatic rings. The molecule has 0 spiro atoms. The van der Waals surface area contributed by atoms with Crippen LogP contribution in [0.4, 0.5) is 0 Å². The van der Waals surface area contributed by atoms with Crippen molar-refractivity contribution in [3.63, 3.8) is 0 Å². The number of fused-ring (bicyclic) bond motifs is 1. The van der Waals surface area contributed by atoms with Gasteiger partial charge in [0.15, 0.2) is 0 Å². The van der Waals surface area contributed by atoms with Crippen LogP contribution in [0.1, 0.15) is 39.5 Å². The van der Waals surface area contributed by atoms with Crippen molar-refractivity contribution in [1.82, 2.24) is 0 Å². The lowest BCUT2D eigenvalue weighted by Gasteiger charge is -2.28. The SMILES string of the molecule is CC1CC(C)SC2(O)CCCC2S1. The number of rotatable bonds is 0. The van der Waals surface area contributed by atoms with Crippen molar-refractivity contribution in [1.29, 1.82) is 0 Å². The van der Waals surface area contributed by atoms with Crippen molar-refractivity contribution in [2.75, 3.05) is 0 Å². The van der Waals surface area contributed by atoms with Crippen LogP contribution in [-0.2, 0) is 0 Å². The first kappa shape index (κ1) is 10.2. The highest BCUT2D eigenvalue weighted by Gasteiger charge is 2.45. The number of aliphatic hydroxyl groups is 1. The standard InChI is InChI=1S/C10H18OS2/c1-7-6-8(2)13-10(11)5-3-4-9(10)12-7/h7-9,11H,3-6H2,1-2H3. The van der Waals surface area contributed by atoms with E-state index in [2.05, 4.69) is 13.8 Å². The average molecular weight is 218 g/mol. The minimum Gasteiger partial charge on any atom is -0.378 e. The van der Waals surface area contributed by atoms with E-state index in [0.29, 0.717) is 10.5 Å². The molecule has 3 heteroatoms. The Morgan fingerprint density at radius 3 is 2.85 bits per heavy atom. The van der Waals surface area contributed by atoms with Gasteiger partial charge in [-0.15, -0.1) is 11.8 Å². The smallest absolute Gasteiger partial charge is 0.122 e. The summed E-state index contributed by atoms with van der Waals surface area (Å²) in [6.45, 7) is 4.55. The molecule has 1 aliphatic heterocycles. The molecule has 4 atom stereocenters. The number of hydrogen-bond donors (Lipinski definition) is 1. The molecule has 1 aliphatic carbocycles. The molecule has 1 saturated carbocycles. The van der Waals surface area contributed by atoms with Gasteiger partial charge in [0.25, 0.3) is 0 Å². The van der Waals surface area contributed by atoms with Gasteiger partial charge in [-0.05, 0) is 25.7 Å². The quantitative estimate of drug-likeness (QED) is 0.675. The molecule has 1 heterocycles. The van der Waals surface area contributed by atoms with E-state index in [1.807, 2.05) is 23.5 Å². The molecule has 1 saturated heterocycles. The second-order valence-corrected chi connectivity index (χ2v) is 7.73. The van der Waals surface area contributed by atoms with Gasteiger partial charge in [-0.1, -0.05) is 13.8 Å². The van der Waals surface area contributed by atoms with E-state index in [9.17, 15) is 5.11 Å². The Hall–Kier alpha value is 0.660. The molecule has 0 radical (unpaired) electrons. The van der Waals surface area contributed by atoms with E-state index in [4.69, 9.17) is 0 Å². The highest BCUT2D eigenvalue weighted by molar-refractivity contribution is 8.05. The van der Waals surface area contributed by atoms with Crippen LogP contribution in [0, 0.1) is 0 Å². The molecule has 0 aromatic heterocycles. The monoisotopic (exact) mass is 218 g/mol. The molecule has 1 nitrogen and oxygen atoms in total. The van der Waals surface area contributed by atoms with Gasteiger partial charge in [-0.2, -0.15) is 11.8 Å². The van der Waals surface area contributed by atoms with Crippen LogP contribution in [0.25, 0.3) is 0 Å². The lowest BCUT2D eigenvalue weighted by Crippen LogP contribution is -2.31. The van der Waals surface area contributed by atoms with E-state index in [1.165, 1.54) is 19.3 Å². The minimum atomic E-state index is -0.394. The zero-order chi connectivity index (χ0) is 9.47. The van der Waals surface area contributed by atoms with E-state index in [-0.39, 0.29) is 0 Å². The minimum absolute atomic E-state index is 0.394. The predicted molar refractivity (Wildman–Crippen MR) is 61.3 cm³/mol. The molecule has 76 valence electrons. The van der Waals surface area contributed by atoms with Gasteiger partial charge in [-0.3, -0.25) is 0 Å². The Kier molecular flexibility index (Phi) is 2.87. The van der Waals surface area contributed by atoms with E-state index < -0.39 is 4.93 Å². The van der Waals surface area contributed by atoms with Crippen LogP contribution in [0.2, 0.25) is 0 Å². The van der Waals surface area contributed by atoms with Crippen LogP contribution < -0.4 is 0 Å². The summed E-state index contributed by atoms with van der Waals surface area (Å²) in [5, 5.41) is 12.3. The Labute approximate surface area is 89.1 Å². The molecule has 0 aromatic rings. The van der Waals surface area contributed by atoms with E-state index in [1.54, 1.807) is 0 Å². The van der Waals surface area contributed by atoms with Gasteiger partial charge in [0.2, 0.25) is 0 Å². The number of hydrogen-bond acceptors (Lipinski definition) is 3. The fourth-order valence-corrected chi connectivity index (χ4v) is 6.10. The lowest BCUT2D eigenvalue weighted by atomic mass is 10.3. The summed E-state index contributed by atoms with van der Waals surface area (Å²) < 4.78 is 0. The molecule has 0 aromatic carbocycles. The first-order valence-electron chi connectivity index (χ1n) is 5.16. The van der Waals surface area contributed by atoms with Crippen molar-refractivity contribution in [3.8, 4) is 0 Å². The molecule has 4 unspecified atom stereocenters. The van der Waals surface area contributed by atoms with Crippen LogP contribution >= 0.6 is 23.5 Å². The van der Waals surface area contributed by atoms with Crippen LogP contribution in [0.15, 0.2) is 0 Å². The Morgan fingerprint density at radius 1 is 1.31 bits per heavy atom. The van der Waals surface area contributed by atoms with E-state index >= 15 is 0 Å². The highest BCUT2D eigenvalue weighted by atomic mass is 32.2. The fraction of sp³-hybridized carbons (Fsp3) is 1.00. The van der Waals surface area contributed by atoms with Crippen molar-refractivity contribution in [2.24, 2.45) is 0 Å². The van der Waals surface area contributed by atoms with Crippen LogP contribution in [-0.4, -0.2) is 25.8 Å². The molecule has 2 rings (SSSR count). The van der Waals surface area contributed by atoms with Crippen molar-refractivity contribution in [2.45, 2.75) is 60.2 Å². The zero-order valence-electron chi connectivity index (χ0n) is 8.32. The zero-order valence-corrected chi connectivity index (χ0v) is 9.96. The fourth-order valence-electron chi connectivity index (χ4n) is 2.44. The average Bonchev–Trinajstić information content (AvgIpc) is 2.26. The third-order valence-corrected chi connectivity index (χ3v) is 6.22. The molecular formula is C10H18OS2. The Bertz CT molecular complexity index is 197. The van der Waals surface area contributed by atoms with Crippen LogP contribution in [0.3, 0.4) is 0 Å². The second-order valence-electron chi connectivity index (χ2n) is 4.34.